The van der Waals surface area contributed by atoms with Crippen LogP contribution < -0.4 is 0 Å². The van der Waals surface area contributed by atoms with Gasteiger partial charge in [0.25, 0.3) is 0 Å². The molecule has 0 bridgehead atoms. The quantitative estimate of drug-likeness (QED) is 0.495. The summed E-state index contributed by atoms with van der Waals surface area (Å²) in [6.07, 6.45) is 0. The predicted molar refractivity (Wildman–Crippen MR) is 116 cm³/mol. The zero-order chi connectivity index (χ0) is 21.3. The lowest BCUT2D eigenvalue weighted by atomic mass is 9.79. The van der Waals surface area contributed by atoms with Gasteiger partial charge in [-0.05, 0) is 59.0 Å². The molecule has 156 valence electrons. The van der Waals surface area contributed by atoms with Crippen LogP contribution in [0.3, 0.4) is 0 Å². The molecule has 1 aliphatic rings. The van der Waals surface area contributed by atoms with Gasteiger partial charge in [0, 0.05) is 35.1 Å². The van der Waals surface area contributed by atoms with Gasteiger partial charge in [-0.3, -0.25) is 4.90 Å². The van der Waals surface area contributed by atoms with Gasteiger partial charge in [-0.25, -0.2) is 8.78 Å². The summed E-state index contributed by atoms with van der Waals surface area (Å²) >= 11 is 12.1. The van der Waals surface area contributed by atoms with E-state index in [-0.39, 0.29) is 24.5 Å². The highest BCUT2D eigenvalue weighted by atomic mass is 35.5. The van der Waals surface area contributed by atoms with Gasteiger partial charge in [0.2, 0.25) is 0 Å². The summed E-state index contributed by atoms with van der Waals surface area (Å²) in [6, 6.07) is 18.9. The first-order chi connectivity index (χ1) is 14.4. The molecule has 1 heterocycles. The number of aliphatic hydroxyl groups excluding tert-OH is 1. The van der Waals surface area contributed by atoms with Crippen molar-refractivity contribution in [3.8, 4) is 0 Å². The topological polar surface area (TPSA) is 23.5 Å². The average molecular weight is 448 g/mol. The molecular weight excluding hydrogens is 427 g/mol. The van der Waals surface area contributed by atoms with E-state index in [1.165, 1.54) is 12.1 Å². The van der Waals surface area contributed by atoms with Crippen molar-refractivity contribution in [2.24, 2.45) is 5.92 Å². The minimum atomic E-state index is -0.625. The molecule has 1 fully saturated rings. The van der Waals surface area contributed by atoms with Crippen LogP contribution in [0, 0.1) is 17.6 Å². The molecule has 0 aliphatic carbocycles. The first kappa shape index (κ1) is 21.3. The molecule has 1 aliphatic heterocycles. The Labute approximate surface area is 184 Å². The van der Waals surface area contributed by atoms with Crippen LogP contribution >= 0.6 is 23.2 Å². The van der Waals surface area contributed by atoms with E-state index >= 15 is 0 Å². The summed E-state index contributed by atoms with van der Waals surface area (Å²) in [7, 11) is 0. The predicted octanol–water partition coefficient (Wildman–Crippen LogP) is 6.07. The van der Waals surface area contributed by atoms with E-state index in [1.54, 1.807) is 0 Å². The maximum absolute atomic E-state index is 13.7. The summed E-state index contributed by atoms with van der Waals surface area (Å²) in [5.41, 5.74) is 2.68. The van der Waals surface area contributed by atoms with E-state index in [1.807, 2.05) is 48.5 Å². The molecule has 0 aromatic heterocycles. The van der Waals surface area contributed by atoms with Gasteiger partial charge in [0.05, 0.1) is 12.6 Å². The zero-order valence-corrected chi connectivity index (χ0v) is 17.6. The molecule has 3 aromatic rings. The number of likely N-dealkylation sites (tertiary alicyclic amines) is 1. The summed E-state index contributed by atoms with van der Waals surface area (Å²) in [4.78, 5) is 2.29. The summed E-state index contributed by atoms with van der Waals surface area (Å²) < 4.78 is 27.3. The molecule has 0 amide bonds. The first-order valence-corrected chi connectivity index (χ1v) is 10.5. The second-order valence-corrected chi connectivity index (χ2v) is 8.58. The minimum absolute atomic E-state index is 0.000582. The Hall–Kier alpha value is -1.98. The lowest BCUT2D eigenvalue weighted by Crippen LogP contribution is -2.51. The Balaban J connectivity index is 1.58. The fraction of sp³-hybridized carbons (Fsp3) is 0.250. The maximum atomic E-state index is 13.7. The summed E-state index contributed by atoms with van der Waals surface area (Å²) in [6.45, 7) is 1.23. The number of halogens is 4. The third kappa shape index (κ3) is 4.52. The van der Waals surface area contributed by atoms with E-state index in [9.17, 15) is 13.9 Å². The van der Waals surface area contributed by atoms with Crippen molar-refractivity contribution in [2.75, 3.05) is 19.7 Å². The van der Waals surface area contributed by atoms with E-state index in [0.717, 1.165) is 17.2 Å². The number of hydrogen-bond donors (Lipinski definition) is 1. The van der Waals surface area contributed by atoms with Crippen molar-refractivity contribution in [1.29, 1.82) is 0 Å². The van der Waals surface area contributed by atoms with E-state index < -0.39 is 11.6 Å². The number of hydrogen-bond acceptors (Lipinski definition) is 2. The van der Waals surface area contributed by atoms with Crippen molar-refractivity contribution >= 4 is 23.2 Å². The van der Waals surface area contributed by atoms with Crippen molar-refractivity contribution in [3.05, 3.63) is 105 Å². The lowest BCUT2D eigenvalue weighted by molar-refractivity contribution is 0.0367. The summed E-state index contributed by atoms with van der Waals surface area (Å²) in [5.74, 6) is -1.47. The van der Waals surface area contributed by atoms with Crippen molar-refractivity contribution in [3.63, 3.8) is 0 Å². The Morgan fingerprint density at radius 1 is 0.800 bits per heavy atom. The Kier molecular flexibility index (Phi) is 6.40. The Bertz CT molecular complexity index is 939. The molecule has 4 rings (SSSR count). The van der Waals surface area contributed by atoms with E-state index in [0.29, 0.717) is 28.7 Å². The van der Waals surface area contributed by atoms with Crippen molar-refractivity contribution in [1.82, 2.24) is 4.90 Å². The number of rotatable bonds is 6. The van der Waals surface area contributed by atoms with Crippen LogP contribution in [0.15, 0.2) is 66.7 Å². The number of aliphatic hydroxyl groups is 1. The van der Waals surface area contributed by atoms with Crippen LogP contribution in [-0.4, -0.2) is 29.7 Å². The Morgan fingerprint density at radius 2 is 1.27 bits per heavy atom. The van der Waals surface area contributed by atoms with Gasteiger partial charge in [0.15, 0.2) is 0 Å². The van der Waals surface area contributed by atoms with Crippen LogP contribution in [0.2, 0.25) is 10.0 Å². The second-order valence-electron chi connectivity index (χ2n) is 7.71. The minimum Gasteiger partial charge on any atom is -0.396 e. The number of benzene rings is 3. The van der Waals surface area contributed by atoms with Crippen LogP contribution in [-0.2, 0) is 0 Å². The smallest absolute Gasteiger partial charge is 0.126 e. The first-order valence-electron chi connectivity index (χ1n) is 9.76. The largest absolute Gasteiger partial charge is 0.396 e. The van der Waals surface area contributed by atoms with Gasteiger partial charge in [-0.2, -0.15) is 0 Å². The van der Waals surface area contributed by atoms with Gasteiger partial charge < -0.3 is 5.11 Å². The molecule has 0 unspecified atom stereocenters. The van der Waals surface area contributed by atoms with Crippen LogP contribution in [0.1, 0.15) is 28.7 Å². The third-order valence-corrected chi connectivity index (χ3v) is 6.26. The number of nitrogens with zero attached hydrogens (tertiary/aromatic N) is 1. The second kappa shape index (κ2) is 9.03. The van der Waals surface area contributed by atoms with E-state index in [4.69, 9.17) is 23.2 Å². The molecule has 1 saturated heterocycles. The maximum Gasteiger partial charge on any atom is 0.126 e. The molecule has 0 saturated carbocycles. The van der Waals surface area contributed by atoms with Crippen molar-refractivity contribution in [2.45, 2.75) is 12.0 Å². The SMILES string of the molecule is OC[C@H](c1cc(F)cc(F)c1)C1CN(C(c2ccc(Cl)cc2)c2ccc(Cl)cc2)C1. The highest BCUT2D eigenvalue weighted by Gasteiger charge is 2.38. The van der Waals surface area contributed by atoms with Crippen molar-refractivity contribution < 1.29 is 13.9 Å². The van der Waals surface area contributed by atoms with Crippen LogP contribution in [0.4, 0.5) is 8.78 Å². The van der Waals surface area contributed by atoms with Crippen LogP contribution in [0.25, 0.3) is 0 Å². The normalized spacial score (nSPS) is 15.9. The van der Waals surface area contributed by atoms with Gasteiger partial charge >= 0.3 is 0 Å². The fourth-order valence-corrected chi connectivity index (χ4v) is 4.49. The average Bonchev–Trinajstić information content (AvgIpc) is 2.68. The molecule has 1 atom stereocenters. The van der Waals surface area contributed by atoms with Crippen LogP contribution in [0.5, 0.6) is 0 Å². The Morgan fingerprint density at radius 3 is 1.70 bits per heavy atom. The zero-order valence-electron chi connectivity index (χ0n) is 16.1. The van der Waals surface area contributed by atoms with Gasteiger partial charge in [-0.1, -0.05) is 47.5 Å². The molecule has 30 heavy (non-hydrogen) atoms. The third-order valence-electron chi connectivity index (χ3n) is 5.75. The molecule has 1 N–H and O–H groups in total. The molecule has 0 spiro atoms. The molecule has 2 nitrogen and oxygen atoms in total. The molecule has 6 heteroatoms. The molecule has 3 aromatic carbocycles. The van der Waals surface area contributed by atoms with Gasteiger partial charge in [-0.15, -0.1) is 0 Å². The lowest BCUT2D eigenvalue weighted by Gasteiger charge is -2.47. The molecular formula is C24H21Cl2F2NO. The van der Waals surface area contributed by atoms with E-state index in [2.05, 4.69) is 4.90 Å². The highest BCUT2D eigenvalue weighted by Crippen LogP contribution is 2.40. The van der Waals surface area contributed by atoms with Gasteiger partial charge in [0.1, 0.15) is 11.6 Å². The standard InChI is InChI=1S/C24H21Cl2F2NO/c25-19-5-1-15(2-6-19)24(16-3-7-20(26)8-4-16)29-12-18(13-29)23(14-30)17-9-21(27)11-22(28)10-17/h1-11,18,23-24,30H,12-14H2/t23-/m1/s1. The highest BCUT2D eigenvalue weighted by molar-refractivity contribution is 6.30. The fourth-order valence-electron chi connectivity index (χ4n) is 4.23. The summed E-state index contributed by atoms with van der Waals surface area (Å²) in [5, 5.41) is 11.3. The molecule has 0 radical (unpaired) electrons. The monoisotopic (exact) mass is 447 g/mol.